The summed E-state index contributed by atoms with van der Waals surface area (Å²) in [6, 6.07) is 56.5. The minimum atomic E-state index is 0.578. The highest BCUT2D eigenvalue weighted by Gasteiger charge is 2.25. The van der Waals surface area contributed by atoms with E-state index < -0.39 is 0 Å². The minimum absolute atomic E-state index is 0.578. The monoisotopic (exact) mass is 722 g/mol. The number of thiophene rings is 2. The van der Waals surface area contributed by atoms with Crippen molar-refractivity contribution in [2.24, 2.45) is 0 Å². The number of fused-ring (bicyclic) bond motifs is 14. The van der Waals surface area contributed by atoms with Gasteiger partial charge in [0, 0.05) is 73.6 Å². The van der Waals surface area contributed by atoms with Crippen molar-refractivity contribution in [3.63, 3.8) is 0 Å². The van der Waals surface area contributed by atoms with Crippen molar-refractivity contribution >= 4 is 107 Å². The summed E-state index contributed by atoms with van der Waals surface area (Å²) in [5.74, 6) is 0. The molecule has 0 aliphatic carbocycles. The van der Waals surface area contributed by atoms with Gasteiger partial charge in [0.15, 0.2) is 0 Å². The Balaban J connectivity index is 1.19. The molecule has 0 aliphatic rings. The third-order valence-corrected chi connectivity index (χ3v) is 13.4. The molecule has 0 atom stereocenters. The van der Waals surface area contributed by atoms with Crippen molar-refractivity contribution in [2.75, 3.05) is 0 Å². The molecule has 250 valence electrons. The van der Waals surface area contributed by atoms with Crippen molar-refractivity contribution in [3.05, 3.63) is 163 Å². The third-order valence-electron chi connectivity index (χ3n) is 11.0. The first-order chi connectivity index (χ1) is 26.8. The Kier molecular flexibility index (Phi) is 6.12. The van der Waals surface area contributed by atoms with Crippen LogP contribution in [0.2, 0.25) is 0 Å². The molecule has 12 aromatic rings. The summed E-state index contributed by atoms with van der Waals surface area (Å²) in [5, 5.41) is 20.8. The van der Waals surface area contributed by atoms with Crippen LogP contribution in [0.3, 0.4) is 0 Å². The van der Waals surface area contributed by atoms with Crippen molar-refractivity contribution in [1.82, 2.24) is 14.1 Å². The molecule has 7 aromatic carbocycles. The highest BCUT2D eigenvalue weighted by molar-refractivity contribution is 7.27. The van der Waals surface area contributed by atoms with E-state index in [1.54, 1.807) is 0 Å². The molecule has 54 heavy (non-hydrogen) atoms. The van der Waals surface area contributed by atoms with Gasteiger partial charge in [-0.1, -0.05) is 91.0 Å². The maximum Gasteiger partial charge on any atom is 0.0999 e. The summed E-state index contributed by atoms with van der Waals surface area (Å²) in [4.78, 5) is 5.15. The maximum absolute atomic E-state index is 10.8. The molecule has 0 amide bonds. The van der Waals surface area contributed by atoms with Gasteiger partial charge in [-0.3, -0.25) is 4.98 Å². The number of hydrogen-bond acceptors (Lipinski definition) is 4. The van der Waals surface area contributed by atoms with Crippen LogP contribution in [0, 0.1) is 11.3 Å². The fraction of sp³-hybridized carbons (Fsp3) is 0. The van der Waals surface area contributed by atoms with E-state index in [-0.39, 0.29) is 0 Å². The van der Waals surface area contributed by atoms with Gasteiger partial charge in [0.1, 0.15) is 0 Å². The number of hydrogen-bond donors (Lipinski definition) is 0. The predicted molar refractivity (Wildman–Crippen MR) is 229 cm³/mol. The Morgan fingerprint density at radius 1 is 0.444 bits per heavy atom. The van der Waals surface area contributed by atoms with E-state index in [0.29, 0.717) is 5.56 Å². The maximum atomic E-state index is 10.8. The van der Waals surface area contributed by atoms with Crippen molar-refractivity contribution in [1.29, 1.82) is 5.26 Å². The quantitative estimate of drug-likeness (QED) is 0.182. The van der Waals surface area contributed by atoms with Gasteiger partial charge in [-0.15, -0.1) is 22.7 Å². The van der Waals surface area contributed by atoms with Gasteiger partial charge in [0.05, 0.1) is 50.8 Å². The van der Waals surface area contributed by atoms with Crippen molar-refractivity contribution in [2.45, 2.75) is 0 Å². The average molecular weight is 723 g/mol. The van der Waals surface area contributed by atoms with Crippen LogP contribution in [0.4, 0.5) is 0 Å². The van der Waals surface area contributed by atoms with Crippen LogP contribution in [0.15, 0.2) is 158 Å². The van der Waals surface area contributed by atoms with Crippen LogP contribution < -0.4 is 0 Å². The van der Waals surface area contributed by atoms with E-state index in [9.17, 15) is 5.26 Å². The van der Waals surface area contributed by atoms with Crippen LogP contribution in [-0.2, 0) is 0 Å². The van der Waals surface area contributed by atoms with Gasteiger partial charge < -0.3 is 9.13 Å². The second kappa shape index (κ2) is 11.1. The van der Waals surface area contributed by atoms with E-state index in [1.165, 1.54) is 61.9 Å². The summed E-state index contributed by atoms with van der Waals surface area (Å²) in [6.45, 7) is 0. The highest BCUT2D eigenvalue weighted by Crippen LogP contribution is 2.47. The Hall–Kier alpha value is -6.78. The van der Waals surface area contributed by atoms with E-state index in [2.05, 4.69) is 149 Å². The van der Waals surface area contributed by atoms with E-state index in [1.807, 2.05) is 47.1 Å². The topological polar surface area (TPSA) is 46.5 Å². The Labute approximate surface area is 316 Å². The number of aromatic nitrogens is 3. The van der Waals surface area contributed by atoms with Crippen LogP contribution in [0.1, 0.15) is 5.56 Å². The van der Waals surface area contributed by atoms with Gasteiger partial charge in [0.25, 0.3) is 0 Å². The van der Waals surface area contributed by atoms with Gasteiger partial charge >= 0.3 is 0 Å². The highest BCUT2D eigenvalue weighted by atomic mass is 32.1. The molecule has 0 fully saturated rings. The molecule has 12 rings (SSSR count). The number of nitrogens with zero attached hydrogens (tertiary/aromatic N) is 4. The standard InChI is InChI=1S/C48H26N4S2/c49-27-28-11-9-18-37(51-35-16-5-1-14-33(35)44-38(51)24-22-31-29-12-3-7-20-41(29)53-47(31)44)43(28)46-40(19-10-26-50-46)52-36-17-6-2-15-34(36)45-39(52)25-23-32-30-13-4-8-21-42(30)54-48(32)45/h1-26H. The van der Waals surface area contributed by atoms with Gasteiger partial charge in [-0.25, -0.2) is 0 Å². The summed E-state index contributed by atoms with van der Waals surface area (Å²) >= 11 is 3.70. The number of para-hydroxylation sites is 2. The molecule has 0 spiro atoms. The number of nitriles is 1. The lowest BCUT2D eigenvalue weighted by Gasteiger charge is -2.18. The van der Waals surface area contributed by atoms with Crippen LogP contribution in [0.5, 0.6) is 0 Å². The number of rotatable bonds is 3. The summed E-state index contributed by atoms with van der Waals surface area (Å²) in [5.41, 5.74) is 8.42. The van der Waals surface area contributed by atoms with Crippen LogP contribution in [-0.4, -0.2) is 14.1 Å². The summed E-state index contributed by atoms with van der Waals surface area (Å²) in [7, 11) is 0. The normalized spacial score (nSPS) is 12.1. The first kappa shape index (κ1) is 29.8. The molecular formula is C48H26N4S2. The number of benzene rings is 7. The molecule has 0 aliphatic heterocycles. The minimum Gasteiger partial charge on any atom is -0.308 e. The second-order valence-corrected chi connectivity index (χ2v) is 15.9. The average Bonchev–Trinajstić information content (AvgIpc) is 3.98. The Bertz CT molecular complexity index is 3590. The SMILES string of the molecule is N#Cc1cccc(-n2c3ccccc3c3c4sc5ccccc5c4ccc32)c1-c1ncccc1-n1c2ccccc2c2c3sc4ccccc4c3ccc21. The van der Waals surface area contributed by atoms with Crippen molar-refractivity contribution in [3.8, 4) is 28.7 Å². The molecule has 5 heterocycles. The summed E-state index contributed by atoms with van der Waals surface area (Å²) in [6.07, 6.45) is 1.85. The Morgan fingerprint density at radius 2 is 0.963 bits per heavy atom. The van der Waals surface area contributed by atoms with E-state index >= 15 is 0 Å². The fourth-order valence-electron chi connectivity index (χ4n) is 8.83. The lowest BCUT2D eigenvalue weighted by Crippen LogP contribution is -2.04. The molecule has 0 unspecified atom stereocenters. The Morgan fingerprint density at radius 3 is 1.56 bits per heavy atom. The lowest BCUT2D eigenvalue weighted by molar-refractivity contribution is 1.13. The third kappa shape index (κ3) is 3.92. The molecule has 0 saturated carbocycles. The molecule has 0 N–H and O–H groups in total. The molecule has 5 aromatic heterocycles. The predicted octanol–water partition coefficient (Wildman–Crippen LogP) is 13.6. The van der Waals surface area contributed by atoms with E-state index in [4.69, 9.17) is 4.98 Å². The van der Waals surface area contributed by atoms with Gasteiger partial charge in [-0.05, 0) is 60.7 Å². The first-order valence-electron chi connectivity index (χ1n) is 17.9. The first-order valence-corrected chi connectivity index (χ1v) is 19.6. The summed E-state index contributed by atoms with van der Waals surface area (Å²) < 4.78 is 9.81. The zero-order valence-corrected chi connectivity index (χ0v) is 30.2. The fourth-order valence-corrected chi connectivity index (χ4v) is 11.3. The van der Waals surface area contributed by atoms with E-state index in [0.717, 1.165) is 44.7 Å². The zero-order valence-electron chi connectivity index (χ0n) is 28.6. The molecule has 0 bridgehead atoms. The molecule has 6 heteroatoms. The van der Waals surface area contributed by atoms with Crippen molar-refractivity contribution < 1.29 is 0 Å². The lowest BCUT2D eigenvalue weighted by atomic mass is 10.00. The van der Waals surface area contributed by atoms with Crippen LogP contribution >= 0.6 is 22.7 Å². The van der Waals surface area contributed by atoms with Crippen LogP contribution in [0.25, 0.3) is 107 Å². The molecule has 0 saturated heterocycles. The second-order valence-electron chi connectivity index (χ2n) is 13.8. The molecule has 4 nitrogen and oxygen atoms in total. The smallest absolute Gasteiger partial charge is 0.0999 e. The largest absolute Gasteiger partial charge is 0.308 e. The molecule has 0 radical (unpaired) electrons. The molecular weight excluding hydrogens is 697 g/mol. The van der Waals surface area contributed by atoms with Gasteiger partial charge in [0.2, 0.25) is 0 Å². The van der Waals surface area contributed by atoms with Gasteiger partial charge in [-0.2, -0.15) is 5.26 Å². The zero-order chi connectivity index (χ0) is 35.5. The number of pyridine rings is 1.